The minimum absolute atomic E-state index is 0.0734. The Balaban J connectivity index is 1.81. The number of carbonyl (C=O) groups is 2. The van der Waals surface area contributed by atoms with Gasteiger partial charge >= 0.3 is 6.03 Å². The van der Waals surface area contributed by atoms with Crippen molar-refractivity contribution >= 4 is 11.9 Å². The Bertz CT molecular complexity index is 499. The van der Waals surface area contributed by atoms with Crippen LogP contribution in [0.5, 0.6) is 0 Å². The lowest BCUT2D eigenvalue weighted by molar-refractivity contribution is -0.128. The molecule has 0 unspecified atom stereocenters. The van der Waals surface area contributed by atoms with Crippen LogP contribution in [0.15, 0.2) is 12.4 Å². The standard InChI is InChI=1S/C14H23N5O2/c1-3-19-11-13(10-16-19)9-15-14(21)18-6-4-5-17(7-8-18)12(2)20/h10-11H,3-9H2,1-2H3,(H,15,21). The molecule has 0 bridgehead atoms. The lowest BCUT2D eigenvalue weighted by Crippen LogP contribution is -2.42. The first-order chi connectivity index (χ1) is 10.1. The summed E-state index contributed by atoms with van der Waals surface area (Å²) in [4.78, 5) is 27.1. The highest BCUT2D eigenvalue weighted by Gasteiger charge is 2.19. The minimum atomic E-state index is -0.0790. The topological polar surface area (TPSA) is 70.5 Å². The van der Waals surface area contributed by atoms with E-state index in [0.717, 1.165) is 25.1 Å². The maximum Gasteiger partial charge on any atom is 0.317 e. The molecule has 1 aliphatic heterocycles. The van der Waals surface area contributed by atoms with Gasteiger partial charge in [-0.25, -0.2) is 4.79 Å². The number of hydrogen-bond acceptors (Lipinski definition) is 3. The molecule has 1 saturated heterocycles. The zero-order valence-electron chi connectivity index (χ0n) is 12.7. The van der Waals surface area contributed by atoms with Crippen molar-refractivity contribution in [1.82, 2.24) is 24.9 Å². The van der Waals surface area contributed by atoms with Gasteiger partial charge in [-0.15, -0.1) is 0 Å². The molecule has 0 aromatic carbocycles. The Morgan fingerprint density at radius 3 is 2.62 bits per heavy atom. The van der Waals surface area contributed by atoms with E-state index in [1.54, 1.807) is 22.9 Å². The molecule has 1 aromatic heterocycles. The largest absolute Gasteiger partial charge is 0.341 e. The van der Waals surface area contributed by atoms with Crippen LogP contribution in [0.4, 0.5) is 4.79 Å². The van der Waals surface area contributed by atoms with Gasteiger partial charge in [-0.05, 0) is 13.3 Å². The number of nitrogens with zero attached hydrogens (tertiary/aromatic N) is 4. The summed E-state index contributed by atoms with van der Waals surface area (Å²) in [6.45, 7) is 7.49. The summed E-state index contributed by atoms with van der Waals surface area (Å²) in [5.74, 6) is 0.0734. The van der Waals surface area contributed by atoms with Crippen LogP contribution in [0, 0.1) is 0 Å². The van der Waals surface area contributed by atoms with E-state index in [4.69, 9.17) is 0 Å². The van der Waals surface area contributed by atoms with Crippen LogP contribution in [-0.2, 0) is 17.9 Å². The lowest BCUT2D eigenvalue weighted by Gasteiger charge is -2.21. The van der Waals surface area contributed by atoms with Crippen molar-refractivity contribution in [3.05, 3.63) is 18.0 Å². The Morgan fingerprint density at radius 1 is 1.24 bits per heavy atom. The molecule has 7 heteroatoms. The average Bonchev–Trinajstić information content (AvgIpc) is 2.78. The number of hydrogen-bond donors (Lipinski definition) is 1. The van der Waals surface area contributed by atoms with Crippen LogP contribution < -0.4 is 5.32 Å². The van der Waals surface area contributed by atoms with Gasteiger partial charge in [0.05, 0.1) is 6.20 Å². The molecular weight excluding hydrogens is 270 g/mol. The summed E-state index contributed by atoms with van der Waals surface area (Å²) < 4.78 is 1.83. The van der Waals surface area contributed by atoms with E-state index in [2.05, 4.69) is 10.4 Å². The third-order valence-electron chi connectivity index (χ3n) is 3.68. The number of aryl methyl sites for hydroxylation is 1. The predicted molar refractivity (Wildman–Crippen MR) is 78.6 cm³/mol. The summed E-state index contributed by atoms with van der Waals surface area (Å²) in [7, 11) is 0. The third kappa shape index (κ3) is 4.21. The molecule has 0 spiro atoms. The minimum Gasteiger partial charge on any atom is -0.341 e. The van der Waals surface area contributed by atoms with Crippen molar-refractivity contribution in [2.75, 3.05) is 26.2 Å². The number of aromatic nitrogens is 2. The summed E-state index contributed by atoms with van der Waals surface area (Å²) in [6, 6.07) is -0.0790. The average molecular weight is 293 g/mol. The molecule has 21 heavy (non-hydrogen) atoms. The Hall–Kier alpha value is -2.05. The van der Waals surface area contributed by atoms with E-state index >= 15 is 0 Å². The van der Waals surface area contributed by atoms with Crippen molar-refractivity contribution in [2.24, 2.45) is 0 Å². The highest BCUT2D eigenvalue weighted by Crippen LogP contribution is 2.04. The number of rotatable bonds is 3. The zero-order valence-corrected chi connectivity index (χ0v) is 12.7. The first-order valence-electron chi connectivity index (χ1n) is 7.39. The van der Waals surface area contributed by atoms with Gasteiger partial charge < -0.3 is 15.1 Å². The fourth-order valence-electron chi connectivity index (χ4n) is 2.40. The molecule has 3 amide bonds. The second-order valence-electron chi connectivity index (χ2n) is 5.21. The summed E-state index contributed by atoms with van der Waals surface area (Å²) in [6.07, 6.45) is 4.52. The van der Waals surface area contributed by atoms with Gasteiger partial charge in [0, 0.05) is 58.0 Å². The van der Waals surface area contributed by atoms with Crippen LogP contribution in [-0.4, -0.2) is 57.7 Å². The first kappa shape index (κ1) is 15.3. The molecule has 2 heterocycles. The predicted octanol–water partition coefficient (Wildman–Crippen LogP) is 0.667. The van der Waals surface area contributed by atoms with E-state index in [9.17, 15) is 9.59 Å². The number of nitrogens with one attached hydrogen (secondary N) is 1. The van der Waals surface area contributed by atoms with E-state index in [-0.39, 0.29) is 11.9 Å². The van der Waals surface area contributed by atoms with Crippen LogP contribution in [0.3, 0.4) is 0 Å². The van der Waals surface area contributed by atoms with Crippen molar-refractivity contribution in [1.29, 1.82) is 0 Å². The molecule has 1 aliphatic rings. The molecular formula is C14H23N5O2. The monoisotopic (exact) mass is 293 g/mol. The molecule has 1 aromatic rings. The summed E-state index contributed by atoms with van der Waals surface area (Å²) >= 11 is 0. The second-order valence-corrected chi connectivity index (χ2v) is 5.21. The highest BCUT2D eigenvalue weighted by atomic mass is 16.2. The van der Waals surface area contributed by atoms with Crippen molar-refractivity contribution in [2.45, 2.75) is 33.4 Å². The molecule has 0 aliphatic carbocycles. The summed E-state index contributed by atoms with van der Waals surface area (Å²) in [5, 5.41) is 7.09. The van der Waals surface area contributed by atoms with Gasteiger partial charge in [-0.2, -0.15) is 5.10 Å². The third-order valence-corrected chi connectivity index (χ3v) is 3.68. The summed E-state index contributed by atoms with van der Waals surface area (Å²) in [5.41, 5.74) is 0.991. The van der Waals surface area contributed by atoms with Crippen molar-refractivity contribution < 1.29 is 9.59 Å². The van der Waals surface area contributed by atoms with E-state index < -0.39 is 0 Å². The van der Waals surface area contributed by atoms with Crippen LogP contribution in [0.2, 0.25) is 0 Å². The molecule has 1 N–H and O–H groups in total. The Morgan fingerprint density at radius 2 is 1.95 bits per heavy atom. The van der Waals surface area contributed by atoms with Gasteiger partial charge in [-0.3, -0.25) is 9.48 Å². The van der Waals surface area contributed by atoms with Crippen LogP contribution >= 0.6 is 0 Å². The zero-order chi connectivity index (χ0) is 15.2. The van der Waals surface area contributed by atoms with E-state index in [1.165, 1.54) is 0 Å². The molecule has 116 valence electrons. The van der Waals surface area contributed by atoms with Gasteiger partial charge in [-0.1, -0.05) is 0 Å². The van der Waals surface area contributed by atoms with Gasteiger partial charge in [0.25, 0.3) is 0 Å². The quantitative estimate of drug-likeness (QED) is 0.890. The fourth-order valence-corrected chi connectivity index (χ4v) is 2.40. The van der Waals surface area contributed by atoms with E-state index in [1.807, 2.05) is 17.8 Å². The molecule has 2 rings (SSSR count). The normalized spacial score (nSPS) is 15.7. The SMILES string of the molecule is CCn1cc(CNC(=O)N2CCCN(C(C)=O)CC2)cn1. The smallest absolute Gasteiger partial charge is 0.317 e. The van der Waals surface area contributed by atoms with Crippen molar-refractivity contribution in [3.63, 3.8) is 0 Å². The fraction of sp³-hybridized carbons (Fsp3) is 0.643. The van der Waals surface area contributed by atoms with Gasteiger partial charge in [0.2, 0.25) is 5.91 Å². The molecule has 0 saturated carbocycles. The highest BCUT2D eigenvalue weighted by molar-refractivity contribution is 5.75. The molecule has 1 fully saturated rings. The lowest BCUT2D eigenvalue weighted by atomic mass is 10.3. The maximum absolute atomic E-state index is 12.2. The van der Waals surface area contributed by atoms with Crippen LogP contribution in [0.25, 0.3) is 0 Å². The van der Waals surface area contributed by atoms with Crippen LogP contribution in [0.1, 0.15) is 25.8 Å². The molecule has 0 radical (unpaired) electrons. The Labute approximate surface area is 124 Å². The number of amides is 3. The van der Waals surface area contributed by atoms with E-state index in [0.29, 0.717) is 26.2 Å². The van der Waals surface area contributed by atoms with Crippen molar-refractivity contribution in [3.8, 4) is 0 Å². The number of urea groups is 1. The second kappa shape index (κ2) is 7.10. The first-order valence-corrected chi connectivity index (χ1v) is 7.39. The molecule has 7 nitrogen and oxygen atoms in total. The van der Waals surface area contributed by atoms with Gasteiger partial charge in [0.1, 0.15) is 0 Å². The number of carbonyl (C=O) groups excluding carboxylic acids is 2. The maximum atomic E-state index is 12.2. The van der Waals surface area contributed by atoms with Gasteiger partial charge in [0.15, 0.2) is 0 Å². The Kier molecular flexibility index (Phi) is 5.19. The molecule has 0 atom stereocenters.